The van der Waals surface area contributed by atoms with E-state index < -0.39 is 0 Å². The normalized spacial score (nSPS) is 15.6. The Morgan fingerprint density at radius 3 is 2.62 bits per heavy atom. The second-order valence-electron chi connectivity index (χ2n) is 5.30. The van der Waals surface area contributed by atoms with Crippen molar-refractivity contribution < 1.29 is 0 Å². The molecule has 0 bridgehead atoms. The molecule has 1 aromatic rings. The summed E-state index contributed by atoms with van der Waals surface area (Å²) in [6.45, 7) is 4.77. The number of halogens is 1. The number of aliphatic imine (C=N–C) groups is 1. The Morgan fingerprint density at radius 1 is 1.33 bits per heavy atom. The van der Waals surface area contributed by atoms with Gasteiger partial charge in [0.25, 0.3) is 0 Å². The molecule has 2 N–H and O–H groups in total. The first-order valence-corrected chi connectivity index (χ1v) is 8.13. The molecule has 0 radical (unpaired) electrons. The Kier molecular flexibility index (Phi) is 7.65. The molecule has 1 saturated heterocycles. The third-order valence-electron chi connectivity index (χ3n) is 3.47. The zero-order chi connectivity index (χ0) is 14.5. The van der Waals surface area contributed by atoms with Gasteiger partial charge < -0.3 is 15.5 Å². The Morgan fingerprint density at radius 2 is 2.00 bits per heavy atom. The summed E-state index contributed by atoms with van der Waals surface area (Å²) in [7, 11) is 4.13. The third-order valence-corrected chi connectivity index (χ3v) is 4.41. The molecule has 1 aromatic carbocycles. The van der Waals surface area contributed by atoms with Gasteiger partial charge in [0.15, 0.2) is 5.96 Å². The number of guanidine groups is 1. The van der Waals surface area contributed by atoms with Crippen LogP contribution in [0.15, 0.2) is 23.2 Å². The fourth-order valence-electron chi connectivity index (χ4n) is 2.28. The first-order chi connectivity index (χ1) is 9.58. The lowest BCUT2D eigenvalue weighted by Gasteiger charge is -2.27. The van der Waals surface area contributed by atoms with Crippen LogP contribution in [0.25, 0.3) is 0 Å². The molecule has 118 valence electrons. The van der Waals surface area contributed by atoms with Gasteiger partial charge in [0.1, 0.15) is 0 Å². The van der Waals surface area contributed by atoms with E-state index in [4.69, 9.17) is 5.73 Å². The lowest BCUT2D eigenvalue weighted by Crippen LogP contribution is -2.42. The summed E-state index contributed by atoms with van der Waals surface area (Å²) in [4.78, 5) is 8.89. The summed E-state index contributed by atoms with van der Waals surface area (Å²) < 4.78 is 0. The summed E-state index contributed by atoms with van der Waals surface area (Å²) in [6.07, 6.45) is 0. The number of hydrogen-bond acceptors (Lipinski definition) is 3. The smallest absolute Gasteiger partial charge is 0.191 e. The van der Waals surface area contributed by atoms with Crippen molar-refractivity contribution >= 4 is 47.4 Å². The van der Waals surface area contributed by atoms with Gasteiger partial charge in [0.05, 0.1) is 6.54 Å². The molecule has 1 fully saturated rings. The highest BCUT2D eigenvalue weighted by Crippen LogP contribution is 2.21. The van der Waals surface area contributed by atoms with Gasteiger partial charge in [-0.3, -0.25) is 0 Å². The number of nitrogens with zero attached hydrogens (tertiary/aromatic N) is 3. The van der Waals surface area contributed by atoms with Crippen molar-refractivity contribution in [2.24, 2.45) is 10.7 Å². The highest BCUT2D eigenvalue weighted by atomic mass is 127. The number of hydrogen-bond donors (Lipinski definition) is 1. The molecule has 0 atom stereocenters. The number of aryl methyl sites for hydroxylation is 1. The minimum atomic E-state index is 0. The van der Waals surface area contributed by atoms with Crippen molar-refractivity contribution in [1.82, 2.24) is 4.90 Å². The largest absolute Gasteiger partial charge is 0.377 e. The van der Waals surface area contributed by atoms with Gasteiger partial charge in [0.2, 0.25) is 0 Å². The Balaban J connectivity index is 0.00000220. The van der Waals surface area contributed by atoms with Crippen molar-refractivity contribution in [3.8, 4) is 0 Å². The van der Waals surface area contributed by atoms with E-state index in [1.807, 2.05) is 11.8 Å². The van der Waals surface area contributed by atoms with Gasteiger partial charge in [-0.15, -0.1) is 24.0 Å². The molecule has 1 aliphatic rings. The van der Waals surface area contributed by atoms with Crippen molar-refractivity contribution in [2.45, 2.75) is 13.5 Å². The van der Waals surface area contributed by atoms with Crippen LogP contribution >= 0.6 is 35.7 Å². The summed E-state index contributed by atoms with van der Waals surface area (Å²) in [6, 6.07) is 6.47. The number of rotatable bonds is 3. The maximum Gasteiger partial charge on any atom is 0.191 e. The molecule has 1 aliphatic heterocycles. The van der Waals surface area contributed by atoms with Crippen LogP contribution in [-0.4, -0.2) is 49.6 Å². The molecule has 21 heavy (non-hydrogen) atoms. The van der Waals surface area contributed by atoms with Crippen LogP contribution in [0.4, 0.5) is 5.69 Å². The lowest BCUT2D eigenvalue weighted by atomic mass is 10.1. The van der Waals surface area contributed by atoms with Crippen LogP contribution in [0, 0.1) is 6.92 Å². The van der Waals surface area contributed by atoms with Gasteiger partial charge in [-0.05, 0) is 24.1 Å². The van der Waals surface area contributed by atoms with Crippen LogP contribution in [0.5, 0.6) is 0 Å². The van der Waals surface area contributed by atoms with Gasteiger partial charge in [-0.1, -0.05) is 12.1 Å². The molecule has 2 rings (SSSR count). The number of anilines is 1. The SMILES string of the molecule is Cc1ccc(CN=C(N)N2CCSCC2)c(N(C)C)c1.I. The average Bonchev–Trinajstić information content (AvgIpc) is 2.46. The molecule has 0 aromatic heterocycles. The summed E-state index contributed by atoms with van der Waals surface area (Å²) in [5, 5.41) is 0. The Bertz CT molecular complexity index is 485. The number of thioether (sulfide) groups is 1. The molecule has 0 spiro atoms. The molecular formula is C15H25IN4S. The fourth-order valence-corrected chi connectivity index (χ4v) is 3.19. The van der Waals surface area contributed by atoms with E-state index in [0.29, 0.717) is 12.5 Å². The van der Waals surface area contributed by atoms with E-state index in [1.54, 1.807) is 0 Å². The lowest BCUT2D eigenvalue weighted by molar-refractivity contribution is 0.455. The zero-order valence-corrected chi connectivity index (χ0v) is 16.1. The maximum absolute atomic E-state index is 6.11. The van der Waals surface area contributed by atoms with Crippen molar-refractivity contribution in [3.63, 3.8) is 0 Å². The number of benzene rings is 1. The first kappa shape index (κ1) is 18.4. The van der Waals surface area contributed by atoms with Gasteiger partial charge in [-0.25, -0.2) is 4.99 Å². The predicted molar refractivity (Wildman–Crippen MR) is 105 cm³/mol. The van der Waals surface area contributed by atoms with Crippen LogP contribution in [0.3, 0.4) is 0 Å². The molecule has 6 heteroatoms. The van der Waals surface area contributed by atoms with Crippen LogP contribution in [0.2, 0.25) is 0 Å². The standard InChI is InChI=1S/C15H24N4S.HI/c1-12-4-5-13(14(10-12)18(2)3)11-17-15(16)19-6-8-20-9-7-19;/h4-5,10H,6-9,11H2,1-3H3,(H2,16,17);1H. The van der Waals surface area contributed by atoms with Gasteiger partial charge >= 0.3 is 0 Å². The molecule has 0 saturated carbocycles. The molecular weight excluding hydrogens is 395 g/mol. The predicted octanol–water partition coefficient (Wildman–Crippen LogP) is 2.54. The summed E-state index contributed by atoms with van der Waals surface area (Å²) >= 11 is 1.98. The van der Waals surface area contributed by atoms with Crippen LogP contribution < -0.4 is 10.6 Å². The van der Waals surface area contributed by atoms with Crippen molar-refractivity contribution in [2.75, 3.05) is 43.6 Å². The molecule has 0 unspecified atom stereocenters. The summed E-state index contributed by atoms with van der Waals surface area (Å²) in [5.74, 6) is 2.96. The highest BCUT2D eigenvalue weighted by Gasteiger charge is 2.12. The van der Waals surface area contributed by atoms with E-state index in [0.717, 1.165) is 24.6 Å². The quantitative estimate of drug-likeness (QED) is 0.464. The topological polar surface area (TPSA) is 44.9 Å². The van der Waals surface area contributed by atoms with Crippen molar-refractivity contribution in [3.05, 3.63) is 29.3 Å². The second kappa shape index (κ2) is 8.73. The van der Waals surface area contributed by atoms with Gasteiger partial charge in [-0.2, -0.15) is 11.8 Å². The molecule has 1 heterocycles. The van der Waals surface area contributed by atoms with E-state index in [1.165, 1.54) is 16.8 Å². The first-order valence-electron chi connectivity index (χ1n) is 6.97. The average molecular weight is 420 g/mol. The van der Waals surface area contributed by atoms with Crippen LogP contribution in [0.1, 0.15) is 11.1 Å². The molecule has 0 amide bonds. The molecule has 4 nitrogen and oxygen atoms in total. The zero-order valence-electron chi connectivity index (χ0n) is 13.0. The summed E-state index contributed by atoms with van der Waals surface area (Å²) in [5.41, 5.74) is 9.81. The minimum Gasteiger partial charge on any atom is -0.377 e. The Labute approximate surface area is 149 Å². The second-order valence-corrected chi connectivity index (χ2v) is 6.53. The van der Waals surface area contributed by atoms with E-state index >= 15 is 0 Å². The maximum atomic E-state index is 6.11. The third kappa shape index (κ3) is 5.25. The van der Waals surface area contributed by atoms with Crippen molar-refractivity contribution in [1.29, 1.82) is 0 Å². The fraction of sp³-hybridized carbons (Fsp3) is 0.533. The number of nitrogens with two attached hydrogens (primary N) is 1. The highest BCUT2D eigenvalue weighted by molar-refractivity contribution is 14.0. The monoisotopic (exact) mass is 420 g/mol. The van der Waals surface area contributed by atoms with E-state index in [9.17, 15) is 0 Å². The van der Waals surface area contributed by atoms with E-state index in [2.05, 4.69) is 54.0 Å². The minimum absolute atomic E-state index is 0. The Hall–Kier alpha value is -0.630. The van der Waals surface area contributed by atoms with Crippen LogP contribution in [-0.2, 0) is 6.54 Å². The molecule has 0 aliphatic carbocycles. The van der Waals surface area contributed by atoms with E-state index in [-0.39, 0.29) is 24.0 Å². The van der Waals surface area contributed by atoms with Gasteiger partial charge in [0, 0.05) is 44.4 Å².